The van der Waals surface area contributed by atoms with Crippen LogP contribution in [0.5, 0.6) is 0 Å². The van der Waals surface area contributed by atoms with Crippen LogP contribution in [0.2, 0.25) is 0 Å². The van der Waals surface area contributed by atoms with Crippen LogP contribution in [0.4, 0.5) is 0 Å². The second kappa shape index (κ2) is 2.80. The summed E-state index contributed by atoms with van der Waals surface area (Å²) in [5, 5.41) is 5.83. The third-order valence-electron chi connectivity index (χ3n) is 1.25. The van der Waals surface area contributed by atoms with Gasteiger partial charge >= 0.3 is 5.97 Å². The summed E-state index contributed by atoms with van der Waals surface area (Å²) in [7, 11) is 3.01. The summed E-state index contributed by atoms with van der Waals surface area (Å²) in [4.78, 5) is 10.6. The fourth-order valence-corrected chi connectivity index (χ4v) is 0.751. The van der Waals surface area contributed by atoms with Crippen molar-refractivity contribution in [1.29, 1.82) is 0 Å². The Morgan fingerprint density at radius 1 is 1.78 bits per heavy atom. The molecule has 1 unspecified atom stereocenters. The van der Waals surface area contributed by atoms with Crippen LogP contribution in [0.15, 0.2) is 0 Å². The Morgan fingerprint density at radius 3 is 3.00 bits per heavy atom. The highest BCUT2D eigenvalue weighted by Gasteiger charge is 2.21. The van der Waals surface area contributed by atoms with Crippen LogP contribution in [-0.2, 0) is 9.53 Å². The van der Waals surface area contributed by atoms with Crippen molar-refractivity contribution in [2.75, 3.05) is 13.2 Å². The van der Waals surface area contributed by atoms with Gasteiger partial charge in [0.05, 0.1) is 0 Å². The number of ether oxygens (including phenoxy) is 1. The lowest BCUT2D eigenvalue weighted by molar-refractivity contribution is -0.140. The van der Waals surface area contributed by atoms with E-state index in [-0.39, 0.29) is 12.0 Å². The molecule has 0 amide bonds. The minimum absolute atomic E-state index is 0.206. The molecule has 1 radical (unpaired) electrons. The molecule has 0 aromatic heterocycles. The van der Waals surface area contributed by atoms with Gasteiger partial charge in [-0.2, -0.15) is 0 Å². The fourth-order valence-electron chi connectivity index (χ4n) is 0.751. The molecule has 0 aromatic carbocycles. The Kier molecular flexibility index (Phi) is 2.02. The molecule has 0 saturated carbocycles. The zero-order valence-corrected chi connectivity index (χ0v) is 5.02. The number of esters is 1. The predicted molar refractivity (Wildman–Crippen MR) is 31.2 cm³/mol. The smallest absolute Gasteiger partial charge is 0.324 e. The molecule has 4 nitrogen and oxygen atoms in total. The summed E-state index contributed by atoms with van der Waals surface area (Å²) in [5.74, 6) is -0.306. The Bertz CT molecular complexity index is 110. The molecule has 1 aliphatic rings. The summed E-state index contributed by atoms with van der Waals surface area (Å²) in [6.45, 7) is 1.30. The van der Waals surface area contributed by atoms with Crippen LogP contribution < -0.4 is 10.6 Å². The van der Waals surface area contributed by atoms with Crippen LogP contribution in [0.3, 0.4) is 0 Å². The number of rotatable bonds is 1. The van der Waals surface area contributed by atoms with Gasteiger partial charge in [0.25, 0.3) is 0 Å². The van der Waals surface area contributed by atoms with E-state index in [2.05, 4.69) is 22.5 Å². The van der Waals surface area contributed by atoms with E-state index in [1.54, 1.807) is 0 Å². The second-order valence-corrected chi connectivity index (χ2v) is 1.85. The summed E-state index contributed by atoms with van der Waals surface area (Å²) in [6.07, 6.45) is 0. The topological polar surface area (TPSA) is 50.4 Å². The van der Waals surface area contributed by atoms with E-state index >= 15 is 0 Å². The normalized spacial score (nSPS) is 26.1. The molecular weight excluding hydrogens is 120 g/mol. The molecule has 0 bridgehead atoms. The summed E-state index contributed by atoms with van der Waals surface area (Å²) < 4.78 is 4.24. The standard InChI is InChI=1S/C5H9N2O2/c1-9-5(8)4-2-6-3-7-4/h4,6-7H,1-3H2. The van der Waals surface area contributed by atoms with E-state index in [4.69, 9.17) is 0 Å². The van der Waals surface area contributed by atoms with E-state index in [9.17, 15) is 4.79 Å². The van der Waals surface area contributed by atoms with Crippen molar-refractivity contribution in [3.8, 4) is 0 Å². The first kappa shape index (κ1) is 6.51. The quantitative estimate of drug-likeness (QED) is 0.438. The summed E-state index contributed by atoms with van der Waals surface area (Å²) >= 11 is 0. The molecule has 4 heteroatoms. The number of carbonyl (C=O) groups excluding carboxylic acids is 1. The van der Waals surface area contributed by atoms with Gasteiger partial charge in [-0.15, -0.1) is 0 Å². The Labute approximate surface area is 53.6 Å². The van der Waals surface area contributed by atoms with Crippen molar-refractivity contribution in [1.82, 2.24) is 10.6 Å². The molecular formula is C5H9N2O2. The van der Waals surface area contributed by atoms with Crippen molar-refractivity contribution < 1.29 is 9.53 Å². The monoisotopic (exact) mass is 129 g/mol. The lowest BCUT2D eigenvalue weighted by Crippen LogP contribution is -2.33. The van der Waals surface area contributed by atoms with Crippen LogP contribution in [0.25, 0.3) is 0 Å². The van der Waals surface area contributed by atoms with E-state index in [1.165, 1.54) is 0 Å². The van der Waals surface area contributed by atoms with Gasteiger partial charge in [-0.05, 0) is 0 Å². The van der Waals surface area contributed by atoms with Crippen LogP contribution in [-0.4, -0.2) is 25.2 Å². The molecule has 1 heterocycles. The van der Waals surface area contributed by atoms with Gasteiger partial charge in [0, 0.05) is 13.2 Å². The van der Waals surface area contributed by atoms with E-state index in [1.807, 2.05) is 0 Å². The lowest BCUT2D eigenvalue weighted by Gasteiger charge is -2.03. The van der Waals surface area contributed by atoms with Crippen molar-refractivity contribution in [3.63, 3.8) is 0 Å². The minimum Gasteiger partial charge on any atom is -0.461 e. The zero-order valence-electron chi connectivity index (χ0n) is 5.02. The lowest BCUT2D eigenvalue weighted by atomic mass is 10.3. The Morgan fingerprint density at radius 2 is 2.56 bits per heavy atom. The summed E-state index contributed by atoms with van der Waals surface area (Å²) in [6, 6.07) is -0.206. The van der Waals surface area contributed by atoms with Crippen LogP contribution in [0.1, 0.15) is 0 Å². The maximum atomic E-state index is 10.6. The molecule has 2 N–H and O–H groups in total. The van der Waals surface area contributed by atoms with Gasteiger partial charge in [0.15, 0.2) is 0 Å². The Hall–Kier alpha value is -0.610. The first-order valence-corrected chi connectivity index (χ1v) is 2.74. The first-order chi connectivity index (χ1) is 4.34. The van der Waals surface area contributed by atoms with E-state index in [0.717, 1.165) is 0 Å². The predicted octanol–water partition coefficient (Wildman–Crippen LogP) is -1.16. The summed E-state index contributed by atoms with van der Waals surface area (Å²) in [5.41, 5.74) is 0. The molecule has 9 heavy (non-hydrogen) atoms. The molecule has 1 atom stereocenters. The molecule has 1 aliphatic heterocycles. The van der Waals surface area contributed by atoms with Crippen LogP contribution >= 0.6 is 0 Å². The van der Waals surface area contributed by atoms with Gasteiger partial charge < -0.3 is 10.1 Å². The Balaban J connectivity index is 2.32. The first-order valence-electron chi connectivity index (χ1n) is 2.74. The van der Waals surface area contributed by atoms with Gasteiger partial charge in [0.1, 0.15) is 13.2 Å². The number of carbonyl (C=O) groups is 1. The molecule has 1 saturated heterocycles. The van der Waals surface area contributed by atoms with Crippen molar-refractivity contribution >= 4 is 5.97 Å². The molecule has 51 valence electrons. The maximum absolute atomic E-state index is 10.6. The molecule has 0 aromatic rings. The molecule has 0 spiro atoms. The average molecular weight is 129 g/mol. The highest BCUT2D eigenvalue weighted by atomic mass is 16.5. The average Bonchev–Trinajstić information content (AvgIpc) is 2.37. The SMILES string of the molecule is [CH2]OC(=O)C1CNCN1. The van der Waals surface area contributed by atoms with E-state index < -0.39 is 0 Å². The van der Waals surface area contributed by atoms with Gasteiger partial charge in [-0.3, -0.25) is 10.1 Å². The third-order valence-corrected chi connectivity index (χ3v) is 1.25. The largest absolute Gasteiger partial charge is 0.461 e. The number of nitrogens with one attached hydrogen (secondary N) is 2. The fraction of sp³-hybridized carbons (Fsp3) is 0.600. The maximum Gasteiger partial charge on any atom is 0.324 e. The molecule has 1 fully saturated rings. The molecule has 1 rings (SSSR count). The number of hydrogen-bond acceptors (Lipinski definition) is 4. The van der Waals surface area contributed by atoms with Gasteiger partial charge in [0.2, 0.25) is 0 Å². The highest BCUT2D eigenvalue weighted by Crippen LogP contribution is 1.89. The minimum atomic E-state index is -0.306. The third kappa shape index (κ3) is 1.40. The van der Waals surface area contributed by atoms with E-state index in [0.29, 0.717) is 13.2 Å². The highest BCUT2D eigenvalue weighted by molar-refractivity contribution is 5.76. The zero-order chi connectivity index (χ0) is 6.69. The second-order valence-electron chi connectivity index (χ2n) is 1.85. The van der Waals surface area contributed by atoms with Gasteiger partial charge in [-0.1, -0.05) is 0 Å². The van der Waals surface area contributed by atoms with Crippen molar-refractivity contribution in [3.05, 3.63) is 7.11 Å². The van der Waals surface area contributed by atoms with Crippen molar-refractivity contribution in [2.45, 2.75) is 6.04 Å². The van der Waals surface area contributed by atoms with Gasteiger partial charge in [-0.25, -0.2) is 0 Å². The van der Waals surface area contributed by atoms with Crippen molar-refractivity contribution in [2.24, 2.45) is 0 Å². The number of hydrogen-bond donors (Lipinski definition) is 2. The molecule has 0 aliphatic carbocycles. The van der Waals surface area contributed by atoms with Crippen LogP contribution in [0, 0.1) is 7.11 Å².